The minimum Gasteiger partial charge on any atom is -0.299 e. The second kappa shape index (κ2) is 11.3. The summed E-state index contributed by atoms with van der Waals surface area (Å²) in [5.74, 6) is 0.222. The fourth-order valence-corrected chi connectivity index (χ4v) is 1.77. The molecule has 0 aromatic carbocycles. The van der Waals surface area contributed by atoms with Crippen molar-refractivity contribution in [3.05, 3.63) is 12.2 Å². The Labute approximate surface area is 143 Å². The maximum atomic E-state index is 11.3. The number of ketones is 1. The Bertz CT molecular complexity index is 824. The van der Waals surface area contributed by atoms with Gasteiger partial charge in [0.2, 0.25) is 0 Å². The minimum absolute atomic E-state index is 0.0247. The van der Waals surface area contributed by atoms with Crippen molar-refractivity contribution in [3.8, 4) is 0 Å². The maximum absolute atomic E-state index is 11.3. The van der Waals surface area contributed by atoms with E-state index < -0.39 is 51.5 Å². The molecule has 1 saturated carbocycles. The molecule has 0 aliphatic heterocycles. The molecule has 0 amide bonds. The highest BCUT2D eigenvalue weighted by atomic mass is 16.1. The van der Waals surface area contributed by atoms with Crippen molar-refractivity contribution < 1.29 is 28.1 Å². The summed E-state index contributed by atoms with van der Waals surface area (Å²) < 4.78 is 133. The Hall–Kier alpha value is -0.590. The zero-order chi connectivity index (χ0) is 28.8. The van der Waals surface area contributed by atoms with Crippen molar-refractivity contribution in [2.24, 2.45) is 5.92 Å². The fraction of sp³-hybridized carbons (Fsp3) is 0.833. The van der Waals surface area contributed by atoms with Crippen LogP contribution in [0.3, 0.4) is 0 Å². The molecule has 0 N–H and O–H groups in total. The second-order valence-electron chi connectivity index (χ2n) is 4.28. The first kappa shape index (κ1) is 4.45. The van der Waals surface area contributed by atoms with Gasteiger partial charge in [-0.3, -0.25) is 4.79 Å². The largest absolute Gasteiger partial charge is 0.299 e. The molecule has 0 spiro atoms. The Morgan fingerprint density at radius 1 is 1.21 bits per heavy atom. The van der Waals surface area contributed by atoms with Crippen LogP contribution in [0.4, 0.5) is 0 Å². The van der Waals surface area contributed by atoms with Gasteiger partial charge in [-0.1, -0.05) is 57.3 Å². The first-order chi connectivity index (χ1) is 15.7. The van der Waals surface area contributed by atoms with E-state index in [4.69, 9.17) is 23.3 Å². The van der Waals surface area contributed by atoms with E-state index in [1.807, 2.05) is 0 Å². The molecule has 0 saturated heterocycles. The van der Waals surface area contributed by atoms with Crippen molar-refractivity contribution in [3.63, 3.8) is 0 Å². The molecule has 19 heavy (non-hydrogen) atoms. The Balaban J connectivity index is 3.17. The van der Waals surface area contributed by atoms with E-state index in [1.165, 1.54) is 6.08 Å². The highest BCUT2D eigenvalue weighted by molar-refractivity contribution is 5.86. The van der Waals surface area contributed by atoms with E-state index in [9.17, 15) is 4.79 Å². The van der Waals surface area contributed by atoms with Crippen LogP contribution in [0.2, 0.25) is 0 Å². The van der Waals surface area contributed by atoms with E-state index in [0.29, 0.717) is 31.8 Å². The van der Waals surface area contributed by atoms with Crippen LogP contribution in [-0.4, -0.2) is 5.78 Å². The molecule has 1 heteroatoms. The molecule has 110 valence electrons. The summed E-state index contributed by atoms with van der Waals surface area (Å²) in [6.07, 6.45) is -22.5. The summed E-state index contributed by atoms with van der Waals surface area (Å²) in [6, 6.07) is 0. The summed E-state index contributed by atoms with van der Waals surface area (Å²) in [5, 5.41) is 0. The lowest BCUT2D eigenvalue weighted by Crippen LogP contribution is -2.25. The first-order valence-corrected chi connectivity index (χ1v) is 6.44. The van der Waals surface area contributed by atoms with Gasteiger partial charge in [0.1, 0.15) is 5.78 Å². The quantitative estimate of drug-likeness (QED) is 0.325. The number of carbonyl (C=O) groups excluding carboxylic acids is 1. The molecular formula is C18H32O. The molecule has 1 aliphatic rings. The lowest BCUT2D eigenvalue weighted by atomic mass is 9.80. The Morgan fingerprint density at radius 3 is 2.79 bits per heavy atom. The van der Waals surface area contributed by atoms with Crippen molar-refractivity contribution in [1.29, 1.82) is 0 Å². The number of carbonyl (C=O) groups is 1. The van der Waals surface area contributed by atoms with Crippen LogP contribution >= 0.6 is 0 Å². The van der Waals surface area contributed by atoms with Gasteiger partial charge in [-0.2, -0.15) is 0 Å². The summed E-state index contributed by atoms with van der Waals surface area (Å²) in [6.45, 7) is -3.78. The topological polar surface area (TPSA) is 17.1 Å². The predicted molar refractivity (Wildman–Crippen MR) is 83.3 cm³/mol. The fourth-order valence-electron chi connectivity index (χ4n) is 1.77. The van der Waals surface area contributed by atoms with Gasteiger partial charge >= 0.3 is 0 Å². The third kappa shape index (κ3) is 8.23. The molecule has 1 nitrogen and oxygen atoms in total. The maximum Gasteiger partial charge on any atom is 0.136 e. The summed E-state index contributed by atoms with van der Waals surface area (Å²) >= 11 is 0. The highest BCUT2D eigenvalue weighted by Gasteiger charge is 2.26. The SMILES string of the molecule is [2H]C([2H])([2H])C([2H])([2H])C([2H])([2H])C([2H])([2H])C([2H])([2H])C([2H])([2H])C([2H])([2H])C([2H])([2H])/C=C\CCCCC1CCC1=O. The van der Waals surface area contributed by atoms with Crippen LogP contribution in [0.25, 0.3) is 0 Å². The van der Waals surface area contributed by atoms with E-state index >= 15 is 0 Å². The third-order valence-electron chi connectivity index (χ3n) is 2.95. The molecule has 0 bridgehead atoms. The van der Waals surface area contributed by atoms with Gasteiger partial charge in [-0.05, 0) is 38.4 Å². The standard InChI is InChI=1S/C18H32O/c1-2-3-4-5-6-7-8-9-10-11-12-13-14-17-15-16-18(17)19/h9-10,17H,2-8,11-16H2,1H3/b10-9-/i1D3,2D2,3D2,4D2,5D2,6D2,7D2,8D2. The number of Topliss-reactive ketones (excluding diaryl/α,β-unsaturated/α-hetero) is 1. The smallest absolute Gasteiger partial charge is 0.136 e. The number of hydrogen-bond acceptors (Lipinski definition) is 1. The Kier molecular flexibility index (Phi) is 2.64. The van der Waals surface area contributed by atoms with E-state index in [0.717, 1.165) is 6.42 Å². The normalized spacial score (nSPS) is 38.2. The minimum atomic E-state index is -4.27. The van der Waals surface area contributed by atoms with Gasteiger partial charge in [0.15, 0.2) is 0 Å². The van der Waals surface area contributed by atoms with Gasteiger partial charge in [-0.25, -0.2) is 0 Å². The molecule has 0 aromatic heterocycles. The monoisotopic (exact) mass is 281 g/mol. The third-order valence-corrected chi connectivity index (χ3v) is 2.95. The van der Waals surface area contributed by atoms with Crippen LogP contribution < -0.4 is 0 Å². The van der Waals surface area contributed by atoms with Crippen LogP contribution in [0.5, 0.6) is 0 Å². The van der Waals surface area contributed by atoms with Crippen LogP contribution in [0.1, 0.15) is 113 Å². The molecule has 1 aliphatic carbocycles. The van der Waals surface area contributed by atoms with Crippen molar-refractivity contribution in [1.82, 2.24) is 0 Å². The molecule has 0 radical (unpaired) electrons. The van der Waals surface area contributed by atoms with Crippen molar-refractivity contribution >= 4 is 5.78 Å². The zero-order valence-corrected chi connectivity index (χ0v) is 10.9. The molecule has 1 rings (SSSR count). The number of rotatable bonds is 12. The van der Waals surface area contributed by atoms with Crippen LogP contribution in [0.15, 0.2) is 12.2 Å². The average Bonchev–Trinajstić information content (AvgIpc) is 2.69. The first-order valence-electron chi connectivity index (χ1n) is 14.9. The van der Waals surface area contributed by atoms with Gasteiger partial charge in [0.25, 0.3) is 0 Å². The molecule has 0 heterocycles. The van der Waals surface area contributed by atoms with Gasteiger partial charge in [0, 0.05) is 35.6 Å². The molecule has 1 fully saturated rings. The average molecular weight is 282 g/mol. The summed E-state index contributed by atoms with van der Waals surface area (Å²) in [7, 11) is 0. The number of hydrogen-bond donors (Lipinski definition) is 0. The highest BCUT2D eigenvalue weighted by Crippen LogP contribution is 2.27. The molecular weight excluding hydrogens is 232 g/mol. The van der Waals surface area contributed by atoms with Gasteiger partial charge < -0.3 is 0 Å². The van der Waals surface area contributed by atoms with E-state index in [2.05, 4.69) is 0 Å². The second-order valence-corrected chi connectivity index (χ2v) is 4.28. The summed E-state index contributed by atoms with van der Waals surface area (Å²) in [5.41, 5.74) is 0. The van der Waals surface area contributed by atoms with Crippen LogP contribution in [0, 0.1) is 5.92 Å². The summed E-state index contributed by atoms with van der Waals surface area (Å²) in [4.78, 5) is 11.3. The lowest BCUT2D eigenvalue weighted by Gasteiger charge is -2.23. The number of unbranched alkanes of at least 4 members (excludes halogenated alkanes) is 2. The Morgan fingerprint density at radius 2 is 2.05 bits per heavy atom. The number of allylic oxidation sites excluding steroid dienone is 2. The molecule has 1 unspecified atom stereocenters. The van der Waals surface area contributed by atoms with Gasteiger partial charge in [0.05, 0.1) is 0 Å². The van der Waals surface area contributed by atoms with E-state index in [1.54, 1.807) is 0 Å². The molecule has 1 atom stereocenters. The molecule has 0 aromatic rings. The van der Waals surface area contributed by atoms with Crippen molar-refractivity contribution in [2.45, 2.75) is 90.0 Å². The van der Waals surface area contributed by atoms with Gasteiger partial charge in [-0.15, -0.1) is 0 Å². The lowest BCUT2D eigenvalue weighted by molar-refractivity contribution is -0.129. The van der Waals surface area contributed by atoms with E-state index in [-0.39, 0.29) is 18.1 Å². The van der Waals surface area contributed by atoms with Crippen molar-refractivity contribution in [2.75, 3.05) is 0 Å². The predicted octanol–water partition coefficient (Wildman–Crippen LogP) is 5.83. The zero-order valence-electron chi connectivity index (χ0n) is 27.9. The van der Waals surface area contributed by atoms with Crippen LogP contribution in [-0.2, 0) is 4.79 Å².